The summed E-state index contributed by atoms with van der Waals surface area (Å²) in [6.45, 7) is 0. The van der Waals surface area contributed by atoms with Gasteiger partial charge in [0.25, 0.3) is 0 Å². The van der Waals surface area contributed by atoms with Gasteiger partial charge in [-0.05, 0) is 201 Å². The quantitative estimate of drug-likeness (QED) is 0.0747. The minimum Gasteiger partial charge on any atom is -0.456 e. The molecule has 0 saturated carbocycles. The molecule has 0 aliphatic heterocycles. The molecule has 650 valence electrons. The summed E-state index contributed by atoms with van der Waals surface area (Å²) >= 11 is 10.5. The first-order chi connectivity index (χ1) is 65.1. The van der Waals surface area contributed by atoms with E-state index in [9.17, 15) is 10.0 Å². The van der Waals surface area contributed by atoms with E-state index in [1.807, 2.05) is 84.9 Å². The number of rotatable bonds is 16. The van der Waals surface area contributed by atoms with Crippen molar-refractivity contribution >= 4 is 200 Å². The molecule has 0 atom stereocenters. The normalized spacial score (nSPS) is 10.7. The Morgan fingerprint density at radius 1 is 0.173 bits per heavy atom. The van der Waals surface area contributed by atoms with Gasteiger partial charge in [-0.1, -0.05) is 527 Å². The molecule has 22 rings (SSSR count). The van der Waals surface area contributed by atoms with E-state index in [0.717, 1.165) is 68.4 Å². The van der Waals surface area contributed by atoms with Gasteiger partial charge in [-0.25, -0.2) is 0 Å². The first-order valence-electron chi connectivity index (χ1n) is 43.5. The molecule has 0 spiro atoms. The molecule has 0 unspecified atom stereocenters. The maximum absolute atomic E-state index is 9.22. The summed E-state index contributed by atoms with van der Waals surface area (Å²) in [6.07, 6.45) is 0. The predicted octanol–water partition coefficient (Wildman–Crippen LogP) is 27.6. The fourth-order valence-electron chi connectivity index (χ4n) is 15.6. The Morgan fingerprint density at radius 3 is 0.571 bits per heavy atom. The number of hydrogen-bond donors (Lipinski definition) is 2. The van der Waals surface area contributed by atoms with Crippen LogP contribution in [-0.4, -0.2) is 17.2 Å². The van der Waals surface area contributed by atoms with Crippen LogP contribution in [0.3, 0.4) is 0 Å². The first-order valence-corrected chi connectivity index (χ1v) is 51.2. The maximum Gasteiger partial charge on any atom is 0.489 e. The Morgan fingerprint density at radius 2 is 0.346 bits per heavy atom. The molecule has 0 fully saturated rings. The van der Waals surface area contributed by atoms with Gasteiger partial charge in [0.15, 0.2) is 0 Å². The van der Waals surface area contributed by atoms with Crippen molar-refractivity contribution in [1.82, 2.24) is 0 Å². The largest absolute Gasteiger partial charge is 0.489 e. The molecule has 2 N–H and O–H groups in total. The molecule has 4 nitrogen and oxygen atoms in total. The Balaban J connectivity index is 0.000000119. The van der Waals surface area contributed by atoms with Crippen LogP contribution in [0.15, 0.2) is 568 Å². The fraction of sp³-hybridized carbons (Fsp3) is 0. The molecule has 13 heteroatoms. The first kappa shape index (κ1) is 95.4. The van der Waals surface area contributed by atoms with Crippen molar-refractivity contribution in [2.75, 3.05) is 0 Å². The van der Waals surface area contributed by atoms with Crippen molar-refractivity contribution in [3.05, 3.63) is 559 Å². The number of furan rings is 2. The molecule has 2 heterocycles. The standard InChI is InChI=1S/C24H15BrO.4C18H15P.C12H11BO2.C12H6Br2O.Pd/c25-18-11-13-24-22(15-18)21-14-17(10-12-23(21)26-24)20-9-5-4-8-19(20)16-6-2-1-3-7-16;4*1-4-10-16(11-5-1)19(17-12-6-2-7-13-17)18-14-8-3-9-15-18;14-13(15)12-9-5-4-8-11(12)10-6-2-1-3-7-10;13-7-1-3-11-9(5-7)10-6-8(14)2-4-12(10)15-11;/h1-15H;4*1-15H;1-9,14-15H;1-6H;. The average molecular weight is 2080 g/mol. The van der Waals surface area contributed by atoms with Gasteiger partial charge >= 0.3 is 7.12 Å². The van der Waals surface area contributed by atoms with Gasteiger partial charge in [-0.2, -0.15) is 0 Å². The number of benzene rings is 20. The molecular formula is C120H92BBr3O4P4Pd. The number of halogens is 3. The van der Waals surface area contributed by atoms with Crippen molar-refractivity contribution in [1.29, 1.82) is 0 Å². The van der Waals surface area contributed by atoms with Gasteiger partial charge in [0, 0.05) is 55.4 Å². The van der Waals surface area contributed by atoms with Gasteiger partial charge in [-0.15, -0.1) is 0 Å². The Hall–Kier alpha value is -12.2. The second kappa shape index (κ2) is 49.5. The summed E-state index contributed by atoms with van der Waals surface area (Å²) in [4.78, 5) is 0. The monoisotopic (exact) mass is 2070 g/mol. The smallest absolute Gasteiger partial charge is 0.456 e. The minimum absolute atomic E-state index is 0. The second-order valence-corrected chi connectivity index (χ2v) is 42.1. The van der Waals surface area contributed by atoms with Gasteiger partial charge in [0.1, 0.15) is 22.3 Å². The summed E-state index contributed by atoms with van der Waals surface area (Å²) in [7, 11) is -3.21. The SMILES string of the molecule is Brc1ccc2oc3ccc(-c4ccccc4-c4ccccc4)cc3c2c1.Brc1ccc2oc3ccc(Br)cc3c2c1.OB(O)c1ccccc1-c1ccccc1.[Pd].c1ccc(P(c2ccccc2)c2ccccc2)cc1.c1ccc(P(c2ccccc2)c2ccccc2)cc1.c1ccc(P(c2ccccc2)c2ccccc2)cc1.c1ccc(P(c2ccccc2)c2ccccc2)cc1. The summed E-state index contributed by atoms with van der Waals surface area (Å²) in [5, 5.41) is 39.8. The van der Waals surface area contributed by atoms with E-state index in [4.69, 9.17) is 8.83 Å². The molecule has 0 saturated heterocycles. The summed E-state index contributed by atoms with van der Waals surface area (Å²) < 4.78 is 14.9. The van der Waals surface area contributed by atoms with Crippen LogP contribution in [0.5, 0.6) is 0 Å². The Kier molecular flexibility index (Phi) is 35.5. The molecule has 0 radical (unpaired) electrons. The summed E-state index contributed by atoms with van der Waals surface area (Å²) in [6, 6.07) is 190. The van der Waals surface area contributed by atoms with Crippen molar-refractivity contribution < 1.29 is 39.3 Å². The molecule has 0 bridgehead atoms. The van der Waals surface area contributed by atoms with Crippen LogP contribution >= 0.6 is 79.5 Å². The summed E-state index contributed by atoms with van der Waals surface area (Å²) in [5.74, 6) is 0. The van der Waals surface area contributed by atoms with Gasteiger partial charge in [0.05, 0.1) is 0 Å². The van der Waals surface area contributed by atoms with Gasteiger partial charge in [-0.3, -0.25) is 0 Å². The van der Waals surface area contributed by atoms with Crippen molar-refractivity contribution in [3.63, 3.8) is 0 Å². The zero-order valence-corrected chi connectivity index (χ0v) is 82.4. The topological polar surface area (TPSA) is 66.7 Å². The van der Waals surface area contributed by atoms with Crippen LogP contribution in [-0.2, 0) is 20.4 Å². The van der Waals surface area contributed by atoms with E-state index in [-0.39, 0.29) is 20.4 Å². The second-order valence-electron chi connectivity index (χ2n) is 30.4. The van der Waals surface area contributed by atoms with Crippen LogP contribution in [0.25, 0.3) is 77.3 Å². The van der Waals surface area contributed by atoms with Crippen LogP contribution < -0.4 is 69.1 Å². The molecule has 0 aliphatic carbocycles. The molecule has 133 heavy (non-hydrogen) atoms. The Bertz CT molecular complexity index is 6350. The van der Waals surface area contributed by atoms with Gasteiger partial charge in [0.2, 0.25) is 0 Å². The van der Waals surface area contributed by atoms with Crippen LogP contribution in [0, 0.1) is 0 Å². The molecule has 0 aliphatic rings. The van der Waals surface area contributed by atoms with Crippen LogP contribution in [0.2, 0.25) is 0 Å². The van der Waals surface area contributed by atoms with E-state index >= 15 is 0 Å². The number of fused-ring (bicyclic) bond motifs is 6. The van der Waals surface area contributed by atoms with E-state index in [1.165, 1.54) is 85.9 Å². The molecular weight excluding hydrogens is 1990 g/mol. The van der Waals surface area contributed by atoms with E-state index in [2.05, 4.69) is 497 Å². The predicted molar refractivity (Wildman–Crippen MR) is 584 cm³/mol. The van der Waals surface area contributed by atoms with Crippen LogP contribution in [0.1, 0.15) is 0 Å². The van der Waals surface area contributed by atoms with E-state index in [1.54, 1.807) is 12.1 Å². The third kappa shape index (κ3) is 25.8. The van der Waals surface area contributed by atoms with Crippen molar-refractivity contribution in [2.45, 2.75) is 0 Å². The zero-order valence-electron chi connectivity index (χ0n) is 72.5. The van der Waals surface area contributed by atoms with Gasteiger partial charge < -0.3 is 18.9 Å². The third-order valence-corrected chi connectivity index (χ3v) is 32.9. The van der Waals surface area contributed by atoms with Crippen molar-refractivity contribution in [2.24, 2.45) is 0 Å². The minimum atomic E-state index is -1.43. The van der Waals surface area contributed by atoms with Crippen LogP contribution in [0.4, 0.5) is 0 Å². The van der Waals surface area contributed by atoms with Crippen molar-refractivity contribution in [3.8, 4) is 33.4 Å². The maximum atomic E-state index is 9.22. The molecule has 2 aromatic heterocycles. The third-order valence-electron chi connectivity index (χ3n) is 21.6. The molecule has 22 aromatic rings. The average Bonchev–Trinajstić information content (AvgIpc) is 1.61. The van der Waals surface area contributed by atoms with E-state index < -0.39 is 38.8 Å². The Labute approximate surface area is 824 Å². The molecule has 20 aromatic carbocycles. The number of hydrogen-bond acceptors (Lipinski definition) is 4. The van der Waals surface area contributed by atoms with E-state index in [0.29, 0.717) is 5.46 Å². The molecule has 0 amide bonds. The zero-order chi connectivity index (χ0) is 90.3. The summed E-state index contributed by atoms with van der Waals surface area (Å²) in [5.41, 5.74) is 10.9. The fourth-order valence-corrected chi connectivity index (χ4v) is 25.9.